The number of nitrogens with zero attached hydrogens (tertiary/aromatic N) is 3. The third-order valence-electron chi connectivity index (χ3n) is 3.81. The van der Waals surface area contributed by atoms with Crippen LogP contribution >= 0.6 is 0 Å². The molecule has 0 saturated carbocycles. The van der Waals surface area contributed by atoms with E-state index in [0.717, 1.165) is 37.1 Å². The summed E-state index contributed by atoms with van der Waals surface area (Å²) in [6.45, 7) is 1.65. The fourth-order valence-corrected chi connectivity index (χ4v) is 2.78. The molecule has 3 rings (SSSR count). The Bertz CT molecular complexity index is 607. The molecule has 0 aliphatic carbocycles. The lowest BCUT2D eigenvalue weighted by atomic mass is 9.97. The SMILES string of the molecule is CCN1CCCc2cc(-c3cnn(C(F)F)c3)ccc21. The Labute approximate surface area is 116 Å². The van der Waals surface area contributed by atoms with Gasteiger partial charge in [0, 0.05) is 30.5 Å². The zero-order valence-corrected chi connectivity index (χ0v) is 11.4. The first kappa shape index (κ1) is 13.1. The molecule has 0 spiro atoms. The largest absolute Gasteiger partial charge is 0.372 e. The smallest absolute Gasteiger partial charge is 0.333 e. The van der Waals surface area contributed by atoms with Gasteiger partial charge in [0.15, 0.2) is 0 Å². The molecule has 0 bridgehead atoms. The molecule has 20 heavy (non-hydrogen) atoms. The minimum absolute atomic E-state index is 0.688. The van der Waals surface area contributed by atoms with Gasteiger partial charge >= 0.3 is 6.55 Å². The Morgan fingerprint density at radius 1 is 1.30 bits per heavy atom. The van der Waals surface area contributed by atoms with E-state index in [0.29, 0.717) is 4.68 Å². The highest BCUT2D eigenvalue weighted by Crippen LogP contribution is 2.31. The van der Waals surface area contributed by atoms with Gasteiger partial charge in [-0.25, -0.2) is 4.68 Å². The van der Waals surface area contributed by atoms with Crippen molar-refractivity contribution in [3.05, 3.63) is 36.2 Å². The van der Waals surface area contributed by atoms with Gasteiger partial charge in [-0.1, -0.05) is 6.07 Å². The van der Waals surface area contributed by atoms with Crippen molar-refractivity contribution >= 4 is 5.69 Å². The fraction of sp³-hybridized carbons (Fsp3) is 0.400. The van der Waals surface area contributed by atoms with Gasteiger partial charge in [0.25, 0.3) is 0 Å². The molecule has 1 aliphatic rings. The van der Waals surface area contributed by atoms with Crippen molar-refractivity contribution in [3.8, 4) is 11.1 Å². The number of benzene rings is 1. The van der Waals surface area contributed by atoms with Crippen LogP contribution in [0.2, 0.25) is 0 Å². The molecule has 0 fully saturated rings. The summed E-state index contributed by atoms with van der Waals surface area (Å²) in [4.78, 5) is 2.35. The first-order valence-electron chi connectivity index (χ1n) is 6.89. The lowest BCUT2D eigenvalue weighted by molar-refractivity contribution is 0.0566. The van der Waals surface area contributed by atoms with Gasteiger partial charge in [-0.2, -0.15) is 13.9 Å². The Balaban J connectivity index is 1.95. The number of halogens is 2. The van der Waals surface area contributed by atoms with Crippen LogP contribution in [0.25, 0.3) is 11.1 Å². The summed E-state index contributed by atoms with van der Waals surface area (Å²) in [7, 11) is 0. The monoisotopic (exact) mass is 277 g/mol. The predicted octanol–water partition coefficient (Wildman–Crippen LogP) is 3.72. The molecule has 0 saturated heterocycles. The van der Waals surface area contributed by atoms with E-state index in [1.54, 1.807) is 0 Å². The molecular weight excluding hydrogens is 260 g/mol. The van der Waals surface area contributed by atoms with E-state index in [-0.39, 0.29) is 0 Å². The van der Waals surface area contributed by atoms with Crippen molar-refractivity contribution in [2.24, 2.45) is 0 Å². The van der Waals surface area contributed by atoms with Gasteiger partial charge in [0.1, 0.15) is 0 Å². The lowest BCUT2D eigenvalue weighted by Crippen LogP contribution is -2.28. The third-order valence-corrected chi connectivity index (χ3v) is 3.81. The van der Waals surface area contributed by atoms with Gasteiger partial charge in [-0.05, 0) is 43.0 Å². The van der Waals surface area contributed by atoms with Gasteiger partial charge in [0.05, 0.1) is 6.20 Å². The molecule has 2 aromatic rings. The number of alkyl halides is 2. The second-order valence-electron chi connectivity index (χ2n) is 5.01. The van der Waals surface area contributed by atoms with Crippen LogP contribution in [-0.4, -0.2) is 22.9 Å². The van der Waals surface area contributed by atoms with E-state index in [1.807, 2.05) is 6.07 Å². The van der Waals surface area contributed by atoms with Crippen LogP contribution in [0.4, 0.5) is 14.5 Å². The van der Waals surface area contributed by atoms with Crippen LogP contribution in [0.3, 0.4) is 0 Å². The van der Waals surface area contributed by atoms with Crippen LogP contribution in [0.5, 0.6) is 0 Å². The molecule has 0 radical (unpaired) electrons. The van der Waals surface area contributed by atoms with E-state index in [4.69, 9.17) is 0 Å². The number of aromatic nitrogens is 2. The van der Waals surface area contributed by atoms with E-state index in [9.17, 15) is 8.78 Å². The normalized spacial score (nSPS) is 14.7. The number of fused-ring (bicyclic) bond motifs is 1. The Morgan fingerprint density at radius 2 is 2.15 bits per heavy atom. The maximum Gasteiger partial charge on any atom is 0.333 e. The minimum Gasteiger partial charge on any atom is -0.372 e. The maximum absolute atomic E-state index is 12.6. The highest BCUT2D eigenvalue weighted by atomic mass is 19.3. The van der Waals surface area contributed by atoms with Crippen LogP contribution in [0, 0.1) is 0 Å². The second kappa shape index (κ2) is 5.23. The second-order valence-corrected chi connectivity index (χ2v) is 5.01. The molecule has 5 heteroatoms. The number of anilines is 1. The van der Waals surface area contributed by atoms with Crippen molar-refractivity contribution in [1.82, 2.24) is 9.78 Å². The summed E-state index contributed by atoms with van der Waals surface area (Å²) >= 11 is 0. The molecule has 0 unspecified atom stereocenters. The number of rotatable bonds is 3. The number of hydrogen-bond donors (Lipinski definition) is 0. The third kappa shape index (κ3) is 2.28. The summed E-state index contributed by atoms with van der Waals surface area (Å²) in [6.07, 6.45) is 5.07. The molecular formula is C15H17F2N3. The zero-order valence-electron chi connectivity index (χ0n) is 11.4. The molecule has 1 aromatic carbocycles. The van der Waals surface area contributed by atoms with Crippen LogP contribution < -0.4 is 4.90 Å². The van der Waals surface area contributed by atoms with Crippen molar-refractivity contribution in [2.75, 3.05) is 18.0 Å². The summed E-state index contributed by atoms with van der Waals surface area (Å²) in [5.74, 6) is 0. The van der Waals surface area contributed by atoms with Crippen molar-refractivity contribution in [1.29, 1.82) is 0 Å². The summed E-state index contributed by atoms with van der Waals surface area (Å²) in [5.41, 5.74) is 4.25. The predicted molar refractivity (Wildman–Crippen MR) is 75.1 cm³/mol. The molecule has 1 aromatic heterocycles. The van der Waals surface area contributed by atoms with E-state index in [1.165, 1.54) is 23.6 Å². The maximum atomic E-state index is 12.6. The van der Waals surface area contributed by atoms with Crippen molar-refractivity contribution in [2.45, 2.75) is 26.3 Å². The highest BCUT2D eigenvalue weighted by molar-refractivity contribution is 5.68. The first-order chi connectivity index (χ1) is 9.69. The Hall–Kier alpha value is -1.91. The molecule has 106 valence electrons. The average molecular weight is 277 g/mol. The van der Waals surface area contributed by atoms with Crippen LogP contribution in [0.15, 0.2) is 30.6 Å². The highest BCUT2D eigenvalue weighted by Gasteiger charge is 2.16. The zero-order chi connectivity index (χ0) is 14.1. The summed E-state index contributed by atoms with van der Waals surface area (Å²) in [5, 5.41) is 3.69. The molecule has 1 aliphatic heterocycles. The fourth-order valence-electron chi connectivity index (χ4n) is 2.78. The number of aryl methyl sites for hydroxylation is 1. The molecule has 2 heterocycles. The van der Waals surface area contributed by atoms with E-state index < -0.39 is 6.55 Å². The lowest BCUT2D eigenvalue weighted by Gasteiger charge is -2.30. The summed E-state index contributed by atoms with van der Waals surface area (Å²) < 4.78 is 25.8. The minimum atomic E-state index is -2.59. The number of hydrogen-bond acceptors (Lipinski definition) is 2. The molecule has 0 amide bonds. The van der Waals surface area contributed by atoms with E-state index in [2.05, 4.69) is 29.1 Å². The van der Waals surface area contributed by atoms with Gasteiger partial charge < -0.3 is 4.90 Å². The van der Waals surface area contributed by atoms with Crippen molar-refractivity contribution < 1.29 is 8.78 Å². The Kier molecular flexibility index (Phi) is 3.42. The average Bonchev–Trinajstić information content (AvgIpc) is 2.96. The molecule has 3 nitrogen and oxygen atoms in total. The van der Waals surface area contributed by atoms with Crippen LogP contribution in [-0.2, 0) is 6.42 Å². The first-order valence-corrected chi connectivity index (χ1v) is 6.89. The van der Waals surface area contributed by atoms with Gasteiger partial charge in [0.2, 0.25) is 0 Å². The van der Waals surface area contributed by atoms with E-state index >= 15 is 0 Å². The topological polar surface area (TPSA) is 21.1 Å². The quantitative estimate of drug-likeness (QED) is 0.852. The van der Waals surface area contributed by atoms with Gasteiger partial charge in [-0.15, -0.1) is 0 Å². The Morgan fingerprint density at radius 3 is 2.85 bits per heavy atom. The summed E-state index contributed by atoms with van der Waals surface area (Å²) in [6, 6.07) is 6.18. The van der Waals surface area contributed by atoms with Crippen LogP contribution in [0.1, 0.15) is 25.5 Å². The standard InChI is InChI=1S/C15H17F2N3/c1-2-19-7-3-4-12-8-11(5-6-14(12)19)13-9-18-20(10-13)15(16)17/h5-6,8-10,15H,2-4,7H2,1H3. The van der Waals surface area contributed by atoms with Crippen molar-refractivity contribution in [3.63, 3.8) is 0 Å². The van der Waals surface area contributed by atoms with Gasteiger partial charge in [-0.3, -0.25) is 0 Å². The molecule has 0 N–H and O–H groups in total. The molecule has 0 atom stereocenters.